The highest BCUT2D eigenvalue weighted by Crippen LogP contribution is 2.38. The Morgan fingerprint density at radius 3 is 2.66 bits per heavy atom. The second-order valence-corrected chi connectivity index (χ2v) is 8.40. The molecule has 5 nitrogen and oxygen atoms in total. The molecule has 0 saturated carbocycles. The van der Waals surface area contributed by atoms with Crippen molar-refractivity contribution in [1.82, 2.24) is 14.8 Å². The van der Waals surface area contributed by atoms with E-state index in [-0.39, 0.29) is 18.4 Å². The third kappa shape index (κ3) is 3.89. The first kappa shape index (κ1) is 19.9. The molecule has 4 rings (SSSR count). The molecule has 1 aromatic heterocycles. The third-order valence-electron chi connectivity index (χ3n) is 5.36. The van der Waals surface area contributed by atoms with E-state index in [2.05, 4.69) is 11.9 Å². The number of halogens is 2. The van der Waals surface area contributed by atoms with Crippen molar-refractivity contribution in [3.8, 4) is 0 Å². The van der Waals surface area contributed by atoms with Gasteiger partial charge in [-0.15, -0.1) is 0 Å². The van der Waals surface area contributed by atoms with Crippen LogP contribution < -0.4 is 0 Å². The molecule has 3 heterocycles. The maximum absolute atomic E-state index is 13.4. The van der Waals surface area contributed by atoms with Gasteiger partial charge >= 0.3 is 0 Å². The van der Waals surface area contributed by atoms with Crippen molar-refractivity contribution in [2.75, 3.05) is 13.1 Å². The van der Waals surface area contributed by atoms with Crippen LogP contribution in [0.15, 0.2) is 48.3 Å². The van der Waals surface area contributed by atoms with E-state index in [1.54, 1.807) is 36.5 Å². The van der Waals surface area contributed by atoms with Crippen LogP contribution in [0.25, 0.3) is 5.57 Å². The van der Waals surface area contributed by atoms with Crippen LogP contribution in [0.5, 0.6) is 0 Å². The van der Waals surface area contributed by atoms with Gasteiger partial charge < -0.3 is 4.90 Å². The van der Waals surface area contributed by atoms with Gasteiger partial charge in [0.15, 0.2) is 0 Å². The minimum absolute atomic E-state index is 0.125. The average molecular weight is 430 g/mol. The van der Waals surface area contributed by atoms with E-state index >= 15 is 0 Å². The van der Waals surface area contributed by atoms with Gasteiger partial charge in [0.05, 0.1) is 22.8 Å². The Kier molecular flexibility index (Phi) is 5.61. The molecule has 2 aliphatic heterocycles. The number of carbonyl (C=O) groups is 2. The normalized spacial score (nSPS) is 20.0. The summed E-state index contributed by atoms with van der Waals surface area (Å²) < 4.78 is 0. The molecule has 0 spiro atoms. The summed E-state index contributed by atoms with van der Waals surface area (Å²) in [5.41, 5.74) is 1.97. The maximum atomic E-state index is 13.4. The molecule has 1 fully saturated rings. The Balaban J connectivity index is 1.78. The van der Waals surface area contributed by atoms with Crippen LogP contribution in [0.2, 0.25) is 10.0 Å². The second kappa shape index (κ2) is 8.17. The van der Waals surface area contributed by atoms with Crippen LogP contribution in [0, 0.1) is 5.92 Å². The van der Waals surface area contributed by atoms with Crippen LogP contribution in [-0.4, -0.2) is 39.7 Å². The van der Waals surface area contributed by atoms with E-state index in [4.69, 9.17) is 23.2 Å². The number of benzene rings is 1. The molecular weight excluding hydrogens is 409 g/mol. The summed E-state index contributed by atoms with van der Waals surface area (Å²) in [5.74, 6) is -0.195. The van der Waals surface area contributed by atoms with Gasteiger partial charge in [0, 0.05) is 29.9 Å². The van der Waals surface area contributed by atoms with E-state index in [0.717, 1.165) is 25.9 Å². The predicted octanol–water partition coefficient (Wildman–Crippen LogP) is 4.40. The van der Waals surface area contributed by atoms with Crippen molar-refractivity contribution in [2.45, 2.75) is 26.3 Å². The number of piperidine rings is 1. The first-order chi connectivity index (χ1) is 14.0. The lowest BCUT2D eigenvalue weighted by Gasteiger charge is -2.33. The quantitative estimate of drug-likeness (QED) is 0.675. The molecule has 2 aromatic rings. The largest absolute Gasteiger partial charge is 0.366 e. The Morgan fingerprint density at radius 1 is 1.14 bits per heavy atom. The number of imide groups is 1. The molecule has 0 radical (unpaired) electrons. The molecule has 0 N–H and O–H groups in total. The SMILES string of the molecule is CC1CCCN(C2=C(c3ccc(Cl)cc3Cl)C(=O)N(Cc3ccccn3)C2=O)C1. The molecule has 7 heteroatoms. The average Bonchev–Trinajstić information content (AvgIpc) is 2.93. The smallest absolute Gasteiger partial charge is 0.278 e. The number of pyridine rings is 1. The highest BCUT2D eigenvalue weighted by atomic mass is 35.5. The molecular formula is C22H21Cl2N3O2. The van der Waals surface area contributed by atoms with Gasteiger partial charge in [-0.2, -0.15) is 0 Å². The van der Waals surface area contributed by atoms with Crippen molar-refractivity contribution in [1.29, 1.82) is 0 Å². The minimum atomic E-state index is -0.349. The summed E-state index contributed by atoms with van der Waals surface area (Å²) in [4.78, 5) is 34.4. The standard InChI is InChI=1S/C22H21Cl2N3O2/c1-14-5-4-10-26(12-14)20-19(17-8-7-15(23)11-18(17)24)21(28)27(22(20)29)13-16-6-2-3-9-25-16/h2-3,6-9,11,14H,4-5,10,12-13H2,1H3. The predicted molar refractivity (Wildman–Crippen MR) is 113 cm³/mol. The Labute approximate surface area is 179 Å². The van der Waals surface area contributed by atoms with Gasteiger partial charge in [-0.3, -0.25) is 19.5 Å². The summed E-state index contributed by atoms with van der Waals surface area (Å²) in [6.07, 6.45) is 3.74. The van der Waals surface area contributed by atoms with Crippen LogP contribution in [0.3, 0.4) is 0 Å². The molecule has 2 aliphatic rings. The van der Waals surface area contributed by atoms with Crippen molar-refractivity contribution in [3.05, 3.63) is 69.6 Å². The molecule has 150 valence electrons. The Bertz CT molecular complexity index is 991. The van der Waals surface area contributed by atoms with Gasteiger partial charge in [0.25, 0.3) is 11.8 Å². The molecule has 2 amide bonds. The number of amides is 2. The van der Waals surface area contributed by atoms with E-state index in [1.807, 2.05) is 11.0 Å². The number of rotatable bonds is 4. The third-order valence-corrected chi connectivity index (χ3v) is 5.91. The zero-order chi connectivity index (χ0) is 20.5. The molecule has 0 bridgehead atoms. The molecule has 0 aliphatic carbocycles. The zero-order valence-electron chi connectivity index (χ0n) is 16.1. The number of carbonyl (C=O) groups excluding carboxylic acids is 2. The number of hydrogen-bond acceptors (Lipinski definition) is 4. The monoisotopic (exact) mass is 429 g/mol. The van der Waals surface area contributed by atoms with E-state index in [1.165, 1.54) is 4.90 Å². The number of nitrogens with zero attached hydrogens (tertiary/aromatic N) is 3. The van der Waals surface area contributed by atoms with Crippen LogP contribution >= 0.6 is 23.2 Å². The molecule has 1 atom stereocenters. The zero-order valence-corrected chi connectivity index (χ0v) is 17.6. The fourth-order valence-corrected chi connectivity index (χ4v) is 4.48. The summed E-state index contributed by atoms with van der Waals surface area (Å²) in [6.45, 7) is 3.76. The molecule has 1 unspecified atom stereocenters. The maximum Gasteiger partial charge on any atom is 0.278 e. The van der Waals surface area contributed by atoms with Gasteiger partial charge in [0.2, 0.25) is 0 Å². The lowest BCUT2D eigenvalue weighted by Crippen LogP contribution is -2.39. The molecule has 29 heavy (non-hydrogen) atoms. The van der Waals surface area contributed by atoms with Gasteiger partial charge in [-0.05, 0) is 43.0 Å². The fourth-order valence-electron chi connectivity index (χ4n) is 3.98. The highest BCUT2D eigenvalue weighted by Gasteiger charge is 2.43. The van der Waals surface area contributed by atoms with Crippen LogP contribution in [-0.2, 0) is 16.1 Å². The second-order valence-electron chi connectivity index (χ2n) is 7.56. The summed E-state index contributed by atoms with van der Waals surface area (Å²) in [5, 5.41) is 0.838. The molecule has 1 aromatic carbocycles. The minimum Gasteiger partial charge on any atom is -0.366 e. The van der Waals surface area contributed by atoms with Crippen molar-refractivity contribution in [2.24, 2.45) is 5.92 Å². The van der Waals surface area contributed by atoms with Crippen molar-refractivity contribution in [3.63, 3.8) is 0 Å². The van der Waals surface area contributed by atoms with E-state index < -0.39 is 0 Å². The van der Waals surface area contributed by atoms with Gasteiger partial charge in [0.1, 0.15) is 5.70 Å². The summed E-state index contributed by atoms with van der Waals surface area (Å²) in [6, 6.07) is 10.4. The number of aromatic nitrogens is 1. The first-order valence-electron chi connectivity index (χ1n) is 9.66. The first-order valence-corrected chi connectivity index (χ1v) is 10.4. The lowest BCUT2D eigenvalue weighted by atomic mass is 9.97. The topological polar surface area (TPSA) is 53.5 Å². The Hall–Kier alpha value is -2.37. The van der Waals surface area contributed by atoms with E-state index in [9.17, 15) is 9.59 Å². The van der Waals surface area contributed by atoms with Gasteiger partial charge in [-0.25, -0.2) is 0 Å². The van der Waals surface area contributed by atoms with Crippen molar-refractivity contribution < 1.29 is 9.59 Å². The lowest BCUT2D eigenvalue weighted by molar-refractivity contribution is -0.138. The van der Waals surface area contributed by atoms with Crippen molar-refractivity contribution >= 4 is 40.6 Å². The fraction of sp³-hybridized carbons (Fsp3) is 0.318. The number of likely N-dealkylation sites (tertiary alicyclic amines) is 1. The highest BCUT2D eigenvalue weighted by molar-refractivity contribution is 6.41. The summed E-state index contributed by atoms with van der Waals surface area (Å²) in [7, 11) is 0. The Morgan fingerprint density at radius 2 is 1.97 bits per heavy atom. The van der Waals surface area contributed by atoms with E-state index in [0.29, 0.717) is 38.5 Å². The molecule has 1 saturated heterocycles. The summed E-state index contributed by atoms with van der Waals surface area (Å²) >= 11 is 12.5. The van der Waals surface area contributed by atoms with Gasteiger partial charge in [-0.1, -0.05) is 42.3 Å². The van der Waals surface area contributed by atoms with Crippen LogP contribution in [0.1, 0.15) is 31.0 Å². The van der Waals surface area contributed by atoms with Crippen LogP contribution in [0.4, 0.5) is 0 Å². The number of hydrogen-bond donors (Lipinski definition) is 0.